The van der Waals surface area contributed by atoms with E-state index in [1.165, 1.54) is 16.4 Å². The molecule has 5 nitrogen and oxygen atoms in total. The molecule has 1 N–H and O–H groups in total. The monoisotopic (exact) mass is 311 g/mol. The summed E-state index contributed by atoms with van der Waals surface area (Å²) in [6, 6.07) is 4.24. The van der Waals surface area contributed by atoms with Gasteiger partial charge in [-0.3, -0.25) is 0 Å². The first-order valence-electron chi connectivity index (χ1n) is 7.20. The van der Waals surface area contributed by atoms with Gasteiger partial charge in [-0.05, 0) is 43.4 Å². The van der Waals surface area contributed by atoms with Gasteiger partial charge in [0.25, 0.3) is 0 Å². The van der Waals surface area contributed by atoms with Gasteiger partial charge in [-0.25, -0.2) is 13.2 Å². The topological polar surface area (TPSA) is 74.7 Å². The largest absolute Gasteiger partial charge is 0.478 e. The summed E-state index contributed by atoms with van der Waals surface area (Å²) in [6.45, 7) is 4.42. The molecule has 1 aromatic rings. The van der Waals surface area contributed by atoms with E-state index in [0.717, 1.165) is 19.3 Å². The minimum atomic E-state index is -3.64. The van der Waals surface area contributed by atoms with Gasteiger partial charge in [-0.2, -0.15) is 4.31 Å². The number of benzene rings is 1. The third kappa shape index (κ3) is 3.27. The van der Waals surface area contributed by atoms with Gasteiger partial charge >= 0.3 is 5.97 Å². The Kier molecular flexibility index (Phi) is 4.68. The predicted molar refractivity (Wildman–Crippen MR) is 79.9 cm³/mol. The molecule has 21 heavy (non-hydrogen) atoms. The van der Waals surface area contributed by atoms with E-state index in [2.05, 4.69) is 0 Å². The molecule has 2 rings (SSSR count). The molecule has 116 valence electrons. The van der Waals surface area contributed by atoms with Crippen molar-refractivity contribution < 1.29 is 18.3 Å². The van der Waals surface area contributed by atoms with Gasteiger partial charge in [0.05, 0.1) is 10.5 Å². The number of carboxylic acids is 1. The van der Waals surface area contributed by atoms with Crippen molar-refractivity contribution in [2.24, 2.45) is 5.92 Å². The Hall–Kier alpha value is -1.40. The summed E-state index contributed by atoms with van der Waals surface area (Å²) in [5.74, 6) is -0.684. The average Bonchev–Trinajstić information content (AvgIpc) is 2.37. The summed E-state index contributed by atoms with van der Waals surface area (Å²) in [5.41, 5.74) is 0.575. The van der Waals surface area contributed by atoms with Crippen molar-refractivity contribution in [3.63, 3.8) is 0 Å². The van der Waals surface area contributed by atoms with Crippen molar-refractivity contribution in [3.8, 4) is 0 Å². The lowest BCUT2D eigenvalue weighted by Crippen LogP contribution is -2.37. The fourth-order valence-corrected chi connectivity index (χ4v) is 4.29. The number of nitrogens with zero attached hydrogens (tertiary/aromatic N) is 1. The molecule has 0 aromatic heterocycles. The lowest BCUT2D eigenvalue weighted by molar-refractivity contribution is 0.0696. The Morgan fingerprint density at radius 2 is 2.05 bits per heavy atom. The van der Waals surface area contributed by atoms with Crippen LogP contribution >= 0.6 is 0 Å². The van der Waals surface area contributed by atoms with Crippen LogP contribution in [0.2, 0.25) is 0 Å². The van der Waals surface area contributed by atoms with E-state index in [0.29, 0.717) is 24.6 Å². The van der Waals surface area contributed by atoms with Gasteiger partial charge < -0.3 is 5.11 Å². The fraction of sp³-hybridized carbons (Fsp3) is 0.533. The highest BCUT2D eigenvalue weighted by Gasteiger charge is 2.29. The van der Waals surface area contributed by atoms with E-state index in [1.807, 2.05) is 6.92 Å². The molecule has 0 saturated heterocycles. The van der Waals surface area contributed by atoms with Gasteiger partial charge in [-0.1, -0.05) is 19.4 Å². The van der Waals surface area contributed by atoms with Crippen molar-refractivity contribution in [2.75, 3.05) is 13.1 Å². The van der Waals surface area contributed by atoms with Crippen LogP contribution in [0.25, 0.3) is 0 Å². The molecule has 0 aliphatic heterocycles. The van der Waals surface area contributed by atoms with Crippen LogP contribution in [0.5, 0.6) is 0 Å². The number of aromatic carboxylic acids is 1. The molecule has 0 unspecified atom stereocenters. The Morgan fingerprint density at radius 3 is 2.52 bits per heavy atom. The molecular weight excluding hydrogens is 290 g/mol. The molecule has 0 bridgehead atoms. The lowest BCUT2D eigenvalue weighted by Gasteiger charge is -2.31. The second kappa shape index (κ2) is 6.15. The van der Waals surface area contributed by atoms with E-state index >= 15 is 0 Å². The van der Waals surface area contributed by atoms with Gasteiger partial charge in [0.15, 0.2) is 0 Å². The zero-order chi connectivity index (χ0) is 15.6. The Labute approximate surface area is 125 Å². The van der Waals surface area contributed by atoms with Crippen molar-refractivity contribution in [1.29, 1.82) is 0 Å². The molecule has 0 heterocycles. The third-order valence-electron chi connectivity index (χ3n) is 4.09. The average molecular weight is 311 g/mol. The third-order valence-corrected chi connectivity index (χ3v) is 6.17. The van der Waals surface area contributed by atoms with Crippen molar-refractivity contribution in [2.45, 2.75) is 38.0 Å². The molecule has 1 aliphatic rings. The van der Waals surface area contributed by atoms with E-state index in [9.17, 15) is 13.2 Å². The van der Waals surface area contributed by atoms with E-state index in [4.69, 9.17) is 5.11 Å². The second-order valence-electron chi connectivity index (χ2n) is 5.54. The first-order valence-corrected chi connectivity index (χ1v) is 8.64. The second-order valence-corrected chi connectivity index (χ2v) is 7.44. The molecule has 0 radical (unpaired) electrons. The fourth-order valence-electron chi connectivity index (χ4n) is 2.51. The Bertz CT molecular complexity index is 635. The molecule has 1 saturated carbocycles. The standard InChI is InChI=1S/C15H21NO4S/c1-3-16(10-12-5-4-6-12)21(19,20)14-9-13(15(17)18)8-7-11(14)2/h7-9,12H,3-6,10H2,1-2H3,(H,17,18). The Balaban J connectivity index is 2.36. The summed E-state index contributed by atoms with van der Waals surface area (Å²) >= 11 is 0. The molecule has 0 spiro atoms. The number of hydrogen-bond donors (Lipinski definition) is 1. The molecule has 0 amide bonds. The molecular formula is C15H21NO4S. The molecule has 1 aliphatic carbocycles. The quantitative estimate of drug-likeness (QED) is 0.876. The molecule has 0 atom stereocenters. The van der Waals surface area contributed by atoms with Crippen LogP contribution in [0.4, 0.5) is 0 Å². The van der Waals surface area contributed by atoms with Gasteiger partial charge in [0.1, 0.15) is 0 Å². The molecule has 1 aromatic carbocycles. The summed E-state index contributed by atoms with van der Waals surface area (Å²) in [4.78, 5) is 11.2. The summed E-state index contributed by atoms with van der Waals surface area (Å²) in [5, 5.41) is 9.05. The first-order chi connectivity index (χ1) is 9.86. The summed E-state index contributed by atoms with van der Waals surface area (Å²) in [7, 11) is -3.64. The summed E-state index contributed by atoms with van der Waals surface area (Å²) in [6.07, 6.45) is 3.30. The number of aryl methyl sites for hydroxylation is 1. The highest BCUT2D eigenvalue weighted by Crippen LogP contribution is 2.30. The van der Waals surface area contributed by atoms with Crippen LogP contribution < -0.4 is 0 Å². The minimum absolute atomic E-state index is 0.00104. The maximum absolute atomic E-state index is 12.8. The van der Waals surface area contributed by atoms with Crippen molar-refractivity contribution in [3.05, 3.63) is 29.3 Å². The molecule has 6 heteroatoms. The number of carboxylic acid groups (broad SMARTS) is 1. The summed E-state index contributed by atoms with van der Waals surface area (Å²) < 4.78 is 27.0. The van der Waals surface area contributed by atoms with Crippen LogP contribution in [0.1, 0.15) is 42.1 Å². The smallest absolute Gasteiger partial charge is 0.335 e. The zero-order valence-electron chi connectivity index (χ0n) is 12.4. The maximum Gasteiger partial charge on any atom is 0.335 e. The predicted octanol–water partition coefficient (Wildman–Crippen LogP) is 2.50. The van der Waals surface area contributed by atoms with Crippen LogP contribution in [-0.4, -0.2) is 36.9 Å². The lowest BCUT2D eigenvalue weighted by atomic mass is 9.85. The number of hydrogen-bond acceptors (Lipinski definition) is 3. The number of carbonyl (C=O) groups is 1. The van der Waals surface area contributed by atoms with Crippen LogP contribution in [0.3, 0.4) is 0 Å². The number of sulfonamides is 1. The SMILES string of the molecule is CCN(CC1CCC1)S(=O)(=O)c1cc(C(=O)O)ccc1C. The number of rotatable bonds is 6. The van der Waals surface area contributed by atoms with Crippen molar-refractivity contribution >= 4 is 16.0 Å². The first kappa shape index (κ1) is 16.0. The van der Waals surface area contributed by atoms with E-state index in [-0.39, 0.29) is 10.5 Å². The highest BCUT2D eigenvalue weighted by atomic mass is 32.2. The highest BCUT2D eigenvalue weighted by molar-refractivity contribution is 7.89. The van der Waals surface area contributed by atoms with Gasteiger partial charge in [0, 0.05) is 13.1 Å². The zero-order valence-corrected chi connectivity index (χ0v) is 13.2. The van der Waals surface area contributed by atoms with Gasteiger partial charge in [-0.15, -0.1) is 0 Å². The van der Waals surface area contributed by atoms with E-state index < -0.39 is 16.0 Å². The van der Waals surface area contributed by atoms with Gasteiger partial charge in [0.2, 0.25) is 10.0 Å². The van der Waals surface area contributed by atoms with Crippen LogP contribution in [-0.2, 0) is 10.0 Å². The normalized spacial score (nSPS) is 16.0. The Morgan fingerprint density at radius 1 is 1.38 bits per heavy atom. The van der Waals surface area contributed by atoms with Crippen LogP contribution in [0.15, 0.2) is 23.1 Å². The van der Waals surface area contributed by atoms with Crippen LogP contribution in [0, 0.1) is 12.8 Å². The molecule has 1 fully saturated rings. The van der Waals surface area contributed by atoms with E-state index in [1.54, 1.807) is 13.0 Å². The van der Waals surface area contributed by atoms with Crippen molar-refractivity contribution in [1.82, 2.24) is 4.31 Å². The minimum Gasteiger partial charge on any atom is -0.478 e. The maximum atomic E-state index is 12.8.